The first-order valence-electron chi connectivity index (χ1n) is 7.93. The van der Waals surface area contributed by atoms with E-state index in [9.17, 15) is 13.6 Å². The number of carbonyl (C=O) groups is 1. The van der Waals surface area contributed by atoms with Gasteiger partial charge in [0.25, 0.3) is 5.91 Å². The highest BCUT2D eigenvalue weighted by atomic mass is 19.1. The normalized spacial score (nSPS) is 17.5. The Hall–Kier alpha value is -2.69. The molecule has 0 unspecified atom stereocenters. The predicted octanol–water partition coefficient (Wildman–Crippen LogP) is 4.28. The van der Waals surface area contributed by atoms with Crippen LogP contribution in [0.1, 0.15) is 29.9 Å². The third-order valence-corrected chi connectivity index (χ3v) is 4.57. The molecule has 1 aliphatic rings. The fourth-order valence-electron chi connectivity index (χ4n) is 3.43. The molecule has 24 heavy (non-hydrogen) atoms. The Bertz CT molecular complexity index is 944. The minimum absolute atomic E-state index is 0.0982. The van der Waals surface area contributed by atoms with Crippen molar-refractivity contribution in [3.8, 4) is 11.1 Å². The van der Waals surface area contributed by atoms with Crippen molar-refractivity contribution < 1.29 is 13.6 Å². The van der Waals surface area contributed by atoms with Crippen molar-refractivity contribution in [3.63, 3.8) is 0 Å². The molecule has 3 aromatic rings. The Balaban J connectivity index is 2.07. The summed E-state index contributed by atoms with van der Waals surface area (Å²) in [7, 11) is 0. The van der Waals surface area contributed by atoms with Crippen molar-refractivity contribution >= 4 is 16.8 Å². The highest BCUT2D eigenvalue weighted by Crippen LogP contribution is 2.35. The van der Waals surface area contributed by atoms with Crippen LogP contribution in [0.25, 0.3) is 22.0 Å². The molecule has 2 heterocycles. The quantitative estimate of drug-likeness (QED) is 0.711. The highest BCUT2D eigenvalue weighted by Gasteiger charge is 2.24. The Morgan fingerprint density at radius 2 is 1.83 bits per heavy atom. The second kappa shape index (κ2) is 5.44. The average Bonchev–Trinajstić information content (AvgIpc) is 2.87. The van der Waals surface area contributed by atoms with Crippen molar-refractivity contribution in [1.82, 2.24) is 9.88 Å². The van der Waals surface area contributed by atoms with E-state index in [2.05, 4.69) is 5.32 Å². The number of hydrogen-bond donors (Lipinski definition) is 1. The molecule has 2 aromatic carbocycles. The molecule has 0 saturated carbocycles. The van der Waals surface area contributed by atoms with Gasteiger partial charge in [0.1, 0.15) is 17.3 Å². The number of hydrogen-bond acceptors (Lipinski definition) is 1. The van der Waals surface area contributed by atoms with E-state index in [-0.39, 0.29) is 23.6 Å². The van der Waals surface area contributed by atoms with Crippen LogP contribution in [0.4, 0.5) is 8.78 Å². The van der Waals surface area contributed by atoms with Crippen LogP contribution < -0.4 is 5.32 Å². The van der Waals surface area contributed by atoms with Crippen molar-refractivity contribution in [2.24, 2.45) is 0 Å². The number of fused-ring (bicyclic) bond motifs is 3. The Labute approximate surface area is 137 Å². The Morgan fingerprint density at radius 3 is 2.58 bits per heavy atom. The van der Waals surface area contributed by atoms with Crippen LogP contribution in [0.5, 0.6) is 0 Å². The molecule has 0 spiro atoms. The van der Waals surface area contributed by atoms with E-state index in [0.29, 0.717) is 23.2 Å². The molecule has 3 nitrogen and oxygen atoms in total. The maximum atomic E-state index is 14.1. The smallest absolute Gasteiger partial charge is 0.267 e. The fourth-order valence-corrected chi connectivity index (χ4v) is 3.43. The summed E-state index contributed by atoms with van der Waals surface area (Å²) in [6.45, 7) is 2.65. The Morgan fingerprint density at radius 1 is 1.08 bits per heavy atom. The minimum Gasteiger partial charge on any atom is -0.351 e. The van der Waals surface area contributed by atoms with Crippen LogP contribution in [0.2, 0.25) is 0 Å². The minimum atomic E-state index is -0.379. The molecule has 1 atom stereocenters. The SMILES string of the molecule is C[C@H]1CCNC(=O)c2cc3cc(F)cc(-c4ccc(F)cc4)c3n21. The maximum absolute atomic E-state index is 14.1. The monoisotopic (exact) mass is 326 g/mol. The van der Waals surface area contributed by atoms with Gasteiger partial charge in [-0.05, 0) is 49.2 Å². The van der Waals surface area contributed by atoms with Crippen LogP contribution >= 0.6 is 0 Å². The first-order valence-corrected chi connectivity index (χ1v) is 7.93. The van der Waals surface area contributed by atoms with Gasteiger partial charge in [-0.2, -0.15) is 0 Å². The first kappa shape index (κ1) is 14.9. The molecule has 0 bridgehead atoms. The second-order valence-corrected chi connectivity index (χ2v) is 6.19. The van der Waals surface area contributed by atoms with Gasteiger partial charge in [0.05, 0.1) is 5.52 Å². The fraction of sp³-hybridized carbons (Fsp3) is 0.211. The van der Waals surface area contributed by atoms with E-state index in [1.807, 2.05) is 11.5 Å². The number of halogens is 2. The summed E-state index contributed by atoms with van der Waals surface area (Å²) >= 11 is 0. The van der Waals surface area contributed by atoms with Crippen LogP contribution in [0.3, 0.4) is 0 Å². The van der Waals surface area contributed by atoms with Gasteiger partial charge in [-0.1, -0.05) is 12.1 Å². The average molecular weight is 326 g/mol. The van der Waals surface area contributed by atoms with Crippen LogP contribution in [0.15, 0.2) is 42.5 Å². The zero-order valence-electron chi connectivity index (χ0n) is 13.1. The van der Waals surface area contributed by atoms with Gasteiger partial charge >= 0.3 is 0 Å². The lowest BCUT2D eigenvalue weighted by atomic mass is 10.0. The van der Waals surface area contributed by atoms with Gasteiger partial charge < -0.3 is 9.88 Å². The second-order valence-electron chi connectivity index (χ2n) is 6.19. The van der Waals surface area contributed by atoms with Gasteiger partial charge in [-0.15, -0.1) is 0 Å². The van der Waals surface area contributed by atoms with Crippen LogP contribution in [0, 0.1) is 11.6 Å². The van der Waals surface area contributed by atoms with Gasteiger partial charge in [-0.25, -0.2) is 8.78 Å². The molecule has 0 fully saturated rings. The molecule has 1 N–H and O–H groups in total. The lowest BCUT2D eigenvalue weighted by Crippen LogP contribution is -2.22. The molecule has 1 amide bonds. The summed E-state index contributed by atoms with van der Waals surface area (Å²) in [6, 6.07) is 10.7. The first-order chi connectivity index (χ1) is 11.5. The molecule has 4 rings (SSSR count). The molecule has 0 radical (unpaired) electrons. The summed E-state index contributed by atoms with van der Waals surface area (Å²) in [5.41, 5.74) is 2.72. The van der Waals surface area contributed by atoms with Crippen molar-refractivity contribution in [2.75, 3.05) is 6.54 Å². The molecule has 1 aromatic heterocycles. The maximum Gasteiger partial charge on any atom is 0.267 e. The summed E-state index contributed by atoms with van der Waals surface area (Å²) in [5.74, 6) is -0.871. The Kier molecular flexibility index (Phi) is 3.37. The summed E-state index contributed by atoms with van der Waals surface area (Å²) in [4.78, 5) is 12.3. The molecule has 0 aliphatic carbocycles. The molecule has 1 aliphatic heterocycles. The van der Waals surface area contributed by atoms with E-state index in [4.69, 9.17) is 0 Å². The van der Waals surface area contributed by atoms with E-state index in [0.717, 1.165) is 17.5 Å². The number of amides is 1. The number of rotatable bonds is 1. The van der Waals surface area contributed by atoms with Crippen LogP contribution in [-0.2, 0) is 0 Å². The molecule has 0 saturated heterocycles. The van der Waals surface area contributed by atoms with Crippen molar-refractivity contribution in [2.45, 2.75) is 19.4 Å². The lowest BCUT2D eigenvalue weighted by Gasteiger charge is -2.17. The van der Waals surface area contributed by atoms with Gasteiger partial charge in [0.15, 0.2) is 0 Å². The third-order valence-electron chi connectivity index (χ3n) is 4.57. The van der Waals surface area contributed by atoms with Gasteiger partial charge in [0, 0.05) is 23.5 Å². The number of nitrogens with one attached hydrogen (secondary N) is 1. The van der Waals surface area contributed by atoms with E-state index in [1.165, 1.54) is 24.3 Å². The van der Waals surface area contributed by atoms with Crippen LogP contribution in [-0.4, -0.2) is 17.0 Å². The molecular weight excluding hydrogens is 310 g/mol. The van der Waals surface area contributed by atoms with E-state index in [1.54, 1.807) is 18.2 Å². The van der Waals surface area contributed by atoms with Crippen molar-refractivity contribution in [1.29, 1.82) is 0 Å². The van der Waals surface area contributed by atoms with Crippen molar-refractivity contribution in [3.05, 3.63) is 59.8 Å². The highest BCUT2D eigenvalue weighted by molar-refractivity contribution is 6.03. The van der Waals surface area contributed by atoms with E-state index >= 15 is 0 Å². The summed E-state index contributed by atoms with van der Waals surface area (Å²) in [5, 5.41) is 3.54. The molecule has 122 valence electrons. The largest absolute Gasteiger partial charge is 0.351 e. The predicted molar refractivity (Wildman–Crippen MR) is 89.0 cm³/mol. The van der Waals surface area contributed by atoms with Gasteiger partial charge in [-0.3, -0.25) is 4.79 Å². The molecular formula is C19H16F2N2O. The summed E-state index contributed by atoms with van der Waals surface area (Å²) < 4.78 is 29.3. The zero-order valence-corrected chi connectivity index (χ0v) is 13.1. The number of carbonyl (C=O) groups excluding carboxylic acids is 1. The topological polar surface area (TPSA) is 34.0 Å². The summed E-state index contributed by atoms with van der Waals surface area (Å²) in [6.07, 6.45) is 0.794. The number of aromatic nitrogens is 1. The standard InChI is InChI=1S/C19H16F2N2O/c1-11-6-7-22-19(24)17-9-13-8-15(21)10-16(18(13)23(11)17)12-2-4-14(20)5-3-12/h2-5,8-11H,6-7H2,1H3,(H,22,24)/t11-/m0/s1. The zero-order chi connectivity index (χ0) is 16.8. The van der Waals surface area contributed by atoms with Gasteiger partial charge in [0.2, 0.25) is 0 Å². The number of nitrogens with zero attached hydrogens (tertiary/aromatic N) is 1. The lowest BCUT2D eigenvalue weighted by molar-refractivity contribution is 0.0951. The van der Waals surface area contributed by atoms with E-state index < -0.39 is 0 Å². The third kappa shape index (κ3) is 2.28. The number of benzene rings is 2. The molecule has 5 heteroatoms.